The van der Waals surface area contributed by atoms with Gasteiger partial charge in [-0.1, -0.05) is 26.0 Å². The van der Waals surface area contributed by atoms with Gasteiger partial charge in [0.2, 0.25) is 0 Å². The lowest BCUT2D eigenvalue weighted by molar-refractivity contribution is -0.384. The number of amides is 1. The molecule has 0 radical (unpaired) electrons. The van der Waals surface area contributed by atoms with Crippen molar-refractivity contribution in [2.24, 2.45) is 5.92 Å². The number of rotatable bonds is 7. The van der Waals surface area contributed by atoms with Crippen molar-refractivity contribution in [3.8, 4) is 5.75 Å². The minimum absolute atomic E-state index is 0.117. The molecule has 0 bridgehead atoms. The first kappa shape index (κ1) is 17.5. The minimum atomic E-state index is -0.528. The molecule has 0 saturated heterocycles. The predicted molar refractivity (Wildman–Crippen MR) is 92.4 cm³/mol. The van der Waals surface area contributed by atoms with E-state index in [0.29, 0.717) is 24.0 Å². The average molecular weight is 328 g/mol. The van der Waals surface area contributed by atoms with E-state index in [1.165, 1.54) is 24.3 Å². The maximum Gasteiger partial charge on any atom is 0.270 e. The van der Waals surface area contributed by atoms with Gasteiger partial charge in [0.1, 0.15) is 5.75 Å². The highest BCUT2D eigenvalue weighted by molar-refractivity contribution is 6.04. The number of non-ortho nitro benzene ring substituents is 1. The molecule has 6 heteroatoms. The number of carbonyl (C=O) groups is 1. The van der Waals surface area contributed by atoms with Gasteiger partial charge in [0.25, 0.3) is 11.6 Å². The highest BCUT2D eigenvalue weighted by Crippen LogP contribution is 2.20. The Morgan fingerprint density at radius 1 is 1.21 bits per heavy atom. The fourth-order valence-electron chi connectivity index (χ4n) is 2.04. The maximum absolute atomic E-state index is 12.2. The topological polar surface area (TPSA) is 81.5 Å². The van der Waals surface area contributed by atoms with Crippen molar-refractivity contribution in [1.82, 2.24) is 0 Å². The molecule has 0 aromatic heterocycles. The Hall–Kier alpha value is -2.89. The second kappa shape index (κ2) is 8.10. The van der Waals surface area contributed by atoms with Crippen LogP contribution in [0.15, 0.2) is 48.5 Å². The predicted octanol–water partition coefficient (Wildman–Crippen LogP) is 4.27. The molecule has 1 amide bonds. The van der Waals surface area contributed by atoms with Gasteiger partial charge in [-0.3, -0.25) is 14.9 Å². The Kier molecular flexibility index (Phi) is 5.89. The van der Waals surface area contributed by atoms with Crippen LogP contribution in [0.1, 0.15) is 30.6 Å². The van der Waals surface area contributed by atoms with Gasteiger partial charge in [-0.25, -0.2) is 0 Å². The summed E-state index contributed by atoms with van der Waals surface area (Å²) in [6.07, 6.45) is 0.949. The third-order valence-electron chi connectivity index (χ3n) is 3.37. The molecule has 24 heavy (non-hydrogen) atoms. The highest BCUT2D eigenvalue weighted by Gasteiger charge is 2.12. The van der Waals surface area contributed by atoms with Gasteiger partial charge in [0, 0.05) is 29.4 Å². The largest absolute Gasteiger partial charge is 0.494 e. The van der Waals surface area contributed by atoms with Crippen LogP contribution in [0.3, 0.4) is 0 Å². The maximum atomic E-state index is 12.2. The molecule has 0 heterocycles. The number of benzene rings is 2. The number of nitrogens with zero attached hydrogens (tertiary/aromatic N) is 1. The van der Waals surface area contributed by atoms with E-state index in [0.717, 1.165) is 6.42 Å². The van der Waals surface area contributed by atoms with Crippen LogP contribution in [0.25, 0.3) is 0 Å². The summed E-state index contributed by atoms with van der Waals surface area (Å²) in [4.78, 5) is 22.5. The molecule has 0 aliphatic heterocycles. The van der Waals surface area contributed by atoms with Crippen LogP contribution >= 0.6 is 0 Å². The van der Waals surface area contributed by atoms with E-state index in [1.54, 1.807) is 18.2 Å². The summed E-state index contributed by atoms with van der Waals surface area (Å²) in [5.74, 6) is 0.826. The SMILES string of the molecule is CC(C)CCOc1cccc(NC(=O)c2cccc([N+](=O)[O-])c2)c1. The van der Waals surface area contributed by atoms with Gasteiger partial charge < -0.3 is 10.1 Å². The lowest BCUT2D eigenvalue weighted by atomic mass is 10.1. The first-order chi connectivity index (χ1) is 11.5. The summed E-state index contributed by atoms with van der Waals surface area (Å²) in [5, 5.41) is 13.5. The number of ether oxygens (including phenoxy) is 1. The van der Waals surface area contributed by atoms with Crippen LogP contribution in [0.4, 0.5) is 11.4 Å². The third kappa shape index (κ3) is 5.08. The van der Waals surface area contributed by atoms with E-state index in [9.17, 15) is 14.9 Å². The molecule has 1 N–H and O–H groups in total. The first-order valence-electron chi connectivity index (χ1n) is 7.74. The van der Waals surface area contributed by atoms with Gasteiger partial charge in [-0.05, 0) is 30.5 Å². The van der Waals surface area contributed by atoms with Crippen molar-refractivity contribution in [2.45, 2.75) is 20.3 Å². The van der Waals surface area contributed by atoms with E-state index in [4.69, 9.17) is 4.74 Å². The Bertz CT molecular complexity index is 728. The fourth-order valence-corrected chi connectivity index (χ4v) is 2.04. The lowest BCUT2D eigenvalue weighted by Gasteiger charge is -2.10. The fraction of sp³-hybridized carbons (Fsp3) is 0.278. The molecule has 2 aromatic carbocycles. The molecular formula is C18H20N2O4. The van der Waals surface area contributed by atoms with Gasteiger partial charge >= 0.3 is 0 Å². The van der Waals surface area contributed by atoms with E-state index in [1.807, 2.05) is 6.07 Å². The van der Waals surface area contributed by atoms with Crippen LogP contribution < -0.4 is 10.1 Å². The Balaban J connectivity index is 2.03. The number of anilines is 1. The van der Waals surface area contributed by atoms with Gasteiger partial charge in [0.05, 0.1) is 11.5 Å². The molecule has 0 unspecified atom stereocenters. The third-order valence-corrected chi connectivity index (χ3v) is 3.37. The molecule has 2 rings (SSSR count). The number of nitro benzene ring substituents is 1. The van der Waals surface area contributed by atoms with E-state index in [2.05, 4.69) is 19.2 Å². The van der Waals surface area contributed by atoms with Crippen molar-refractivity contribution in [1.29, 1.82) is 0 Å². The number of nitro groups is 1. The van der Waals surface area contributed by atoms with Crippen molar-refractivity contribution in [2.75, 3.05) is 11.9 Å². The smallest absolute Gasteiger partial charge is 0.270 e. The summed E-state index contributed by atoms with van der Waals surface area (Å²) < 4.78 is 5.65. The van der Waals surface area contributed by atoms with Crippen molar-refractivity contribution < 1.29 is 14.5 Å². The molecule has 2 aromatic rings. The Labute approximate surface area is 140 Å². The van der Waals surface area contributed by atoms with Crippen LogP contribution in [0.2, 0.25) is 0 Å². The average Bonchev–Trinajstić information content (AvgIpc) is 2.55. The van der Waals surface area contributed by atoms with Crippen LogP contribution in [-0.4, -0.2) is 17.4 Å². The number of hydrogen-bond acceptors (Lipinski definition) is 4. The summed E-state index contributed by atoms with van der Waals surface area (Å²) >= 11 is 0. The molecule has 0 fully saturated rings. The number of hydrogen-bond donors (Lipinski definition) is 1. The van der Waals surface area contributed by atoms with Crippen LogP contribution in [0.5, 0.6) is 5.75 Å². The molecule has 0 saturated carbocycles. The number of carbonyl (C=O) groups excluding carboxylic acids is 1. The molecule has 0 spiro atoms. The highest BCUT2D eigenvalue weighted by atomic mass is 16.6. The van der Waals surface area contributed by atoms with Gasteiger partial charge in [-0.15, -0.1) is 0 Å². The van der Waals surface area contributed by atoms with Crippen molar-refractivity contribution in [3.63, 3.8) is 0 Å². The van der Waals surface area contributed by atoms with Crippen molar-refractivity contribution >= 4 is 17.3 Å². The standard InChI is InChI=1S/C18H20N2O4/c1-13(2)9-10-24-17-8-4-6-15(12-17)19-18(21)14-5-3-7-16(11-14)20(22)23/h3-8,11-13H,9-10H2,1-2H3,(H,19,21). The zero-order chi connectivity index (χ0) is 17.5. The zero-order valence-corrected chi connectivity index (χ0v) is 13.7. The lowest BCUT2D eigenvalue weighted by Crippen LogP contribution is -2.12. The van der Waals surface area contributed by atoms with Crippen LogP contribution in [0, 0.1) is 16.0 Å². The van der Waals surface area contributed by atoms with E-state index in [-0.39, 0.29) is 11.3 Å². The van der Waals surface area contributed by atoms with E-state index < -0.39 is 10.8 Å². The summed E-state index contributed by atoms with van der Waals surface area (Å²) in [5.41, 5.74) is 0.692. The minimum Gasteiger partial charge on any atom is -0.494 e. The first-order valence-corrected chi connectivity index (χ1v) is 7.74. The number of nitrogens with one attached hydrogen (secondary N) is 1. The Morgan fingerprint density at radius 2 is 1.96 bits per heavy atom. The normalized spacial score (nSPS) is 10.5. The summed E-state index contributed by atoms with van der Waals surface area (Å²) in [7, 11) is 0. The second-order valence-electron chi connectivity index (χ2n) is 5.82. The molecule has 126 valence electrons. The molecule has 0 atom stereocenters. The summed E-state index contributed by atoms with van der Waals surface area (Å²) in [6.45, 7) is 4.86. The molecule has 6 nitrogen and oxygen atoms in total. The monoisotopic (exact) mass is 328 g/mol. The molecule has 0 aliphatic carbocycles. The zero-order valence-electron chi connectivity index (χ0n) is 13.7. The van der Waals surface area contributed by atoms with Gasteiger partial charge in [0.15, 0.2) is 0 Å². The molecule has 0 aliphatic rings. The van der Waals surface area contributed by atoms with Gasteiger partial charge in [-0.2, -0.15) is 0 Å². The summed E-state index contributed by atoms with van der Waals surface area (Å²) in [6, 6.07) is 12.7. The van der Waals surface area contributed by atoms with Crippen molar-refractivity contribution in [3.05, 3.63) is 64.2 Å². The quantitative estimate of drug-likeness (QED) is 0.608. The Morgan fingerprint density at radius 3 is 2.67 bits per heavy atom. The van der Waals surface area contributed by atoms with Crippen LogP contribution in [-0.2, 0) is 0 Å². The molecular weight excluding hydrogens is 308 g/mol. The second-order valence-corrected chi connectivity index (χ2v) is 5.82. The van der Waals surface area contributed by atoms with E-state index >= 15 is 0 Å².